The zero-order valence-corrected chi connectivity index (χ0v) is 13.0. The number of piperidine rings is 1. The van der Waals surface area contributed by atoms with E-state index in [1.807, 2.05) is 0 Å². The third-order valence-electron chi connectivity index (χ3n) is 5.20. The van der Waals surface area contributed by atoms with Gasteiger partial charge in [-0.2, -0.15) is 0 Å². The Balaban J connectivity index is 1.59. The number of hydrogen-bond donors (Lipinski definition) is 0. The van der Waals surface area contributed by atoms with Gasteiger partial charge in [0.2, 0.25) is 5.76 Å². The Labute approximate surface area is 133 Å². The first kappa shape index (κ1) is 14.5. The molecule has 4 rings (SSSR count). The molecule has 2 aromatic rings. The minimum Gasteiger partial charge on any atom is -0.455 e. The number of benzene rings is 1. The summed E-state index contributed by atoms with van der Waals surface area (Å²) in [6.07, 6.45) is 4.03. The third kappa shape index (κ3) is 2.45. The Morgan fingerprint density at radius 2 is 2.00 bits per heavy atom. The third-order valence-corrected chi connectivity index (χ3v) is 5.20. The van der Waals surface area contributed by atoms with Crippen LogP contribution in [0.5, 0.6) is 0 Å². The van der Waals surface area contributed by atoms with Crippen molar-refractivity contribution in [2.45, 2.75) is 43.9 Å². The van der Waals surface area contributed by atoms with E-state index in [0.717, 1.165) is 19.3 Å². The fraction of sp³-hybridized carbons (Fsp3) is 0.444. The van der Waals surface area contributed by atoms with Crippen LogP contribution in [0, 0.1) is 0 Å². The molecule has 1 aromatic heterocycles. The Hall–Kier alpha value is -2.14. The van der Waals surface area contributed by atoms with E-state index in [2.05, 4.69) is 11.9 Å². The normalized spacial score (nSPS) is 27.3. The molecule has 0 spiro atoms. The van der Waals surface area contributed by atoms with Crippen molar-refractivity contribution in [3.05, 3.63) is 46.3 Å². The second-order valence-corrected chi connectivity index (χ2v) is 6.46. The van der Waals surface area contributed by atoms with Crippen LogP contribution < -0.4 is 5.43 Å². The van der Waals surface area contributed by atoms with Gasteiger partial charge in [0.15, 0.2) is 5.43 Å². The maximum absolute atomic E-state index is 12.4. The highest BCUT2D eigenvalue weighted by atomic mass is 16.6. The highest BCUT2D eigenvalue weighted by Crippen LogP contribution is 2.36. The number of ether oxygens (including phenoxy) is 1. The summed E-state index contributed by atoms with van der Waals surface area (Å²) in [6.45, 7) is 0. The monoisotopic (exact) mass is 313 g/mol. The van der Waals surface area contributed by atoms with Gasteiger partial charge in [0.25, 0.3) is 0 Å². The molecule has 2 saturated heterocycles. The first-order valence-electron chi connectivity index (χ1n) is 8.09. The molecule has 0 saturated carbocycles. The van der Waals surface area contributed by atoms with Crippen molar-refractivity contribution < 1.29 is 13.9 Å². The van der Waals surface area contributed by atoms with E-state index in [1.165, 1.54) is 12.5 Å². The van der Waals surface area contributed by atoms with Gasteiger partial charge in [0.1, 0.15) is 11.7 Å². The summed E-state index contributed by atoms with van der Waals surface area (Å²) in [7, 11) is 2.10. The van der Waals surface area contributed by atoms with E-state index in [1.54, 1.807) is 24.3 Å². The summed E-state index contributed by atoms with van der Waals surface area (Å²) >= 11 is 0. The molecule has 2 aliphatic rings. The van der Waals surface area contributed by atoms with Crippen LogP contribution in [0.3, 0.4) is 0 Å². The number of nitrogens with zero attached hydrogens (tertiary/aromatic N) is 1. The Morgan fingerprint density at radius 3 is 2.87 bits per heavy atom. The molecular weight excluding hydrogens is 294 g/mol. The van der Waals surface area contributed by atoms with Crippen LogP contribution in [0.15, 0.2) is 39.5 Å². The maximum atomic E-state index is 12.4. The van der Waals surface area contributed by atoms with Crippen LogP contribution in [0.1, 0.15) is 36.2 Å². The second kappa shape index (κ2) is 5.49. The summed E-state index contributed by atoms with van der Waals surface area (Å²) in [4.78, 5) is 26.8. The molecule has 0 radical (unpaired) electrons. The van der Waals surface area contributed by atoms with Gasteiger partial charge in [0, 0.05) is 18.2 Å². The molecule has 2 bridgehead atoms. The summed E-state index contributed by atoms with van der Waals surface area (Å²) in [5, 5.41) is 0.472. The first-order chi connectivity index (χ1) is 11.1. The lowest BCUT2D eigenvalue weighted by molar-refractivity contribution is -0.0153. The van der Waals surface area contributed by atoms with E-state index in [-0.39, 0.29) is 23.3 Å². The van der Waals surface area contributed by atoms with Gasteiger partial charge < -0.3 is 9.15 Å². The Kier molecular flexibility index (Phi) is 3.45. The predicted molar refractivity (Wildman–Crippen MR) is 85.5 cm³/mol. The molecule has 3 atom stereocenters. The van der Waals surface area contributed by atoms with E-state index in [4.69, 9.17) is 9.15 Å². The zero-order valence-electron chi connectivity index (χ0n) is 13.0. The van der Waals surface area contributed by atoms with Crippen LogP contribution >= 0.6 is 0 Å². The molecule has 5 nitrogen and oxygen atoms in total. The number of carbonyl (C=O) groups excluding carboxylic acids is 1. The van der Waals surface area contributed by atoms with Crippen molar-refractivity contribution in [1.29, 1.82) is 0 Å². The highest BCUT2D eigenvalue weighted by molar-refractivity contribution is 5.89. The molecular formula is C18H19NO4. The quantitative estimate of drug-likeness (QED) is 0.798. The maximum Gasteiger partial charge on any atom is 0.374 e. The standard InChI is InChI=1S/C18H19NO4/c1-19-11-6-8-13(19)16(9-7-11)23-18(21)17-10-14(20)12-4-2-3-5-15(12)22-17/h2-5,10-11,13,16H,6-9H2,1H3/t11?,13?,16-/m1/s1. The van der Waals surface area contributed by atoms with Crippen molar-refractivity contribution in [1.82, 2.24) is 4.90 Å². The van der Waals surface area contributed by atoms with Gasteiger partial charge in [-0.1, -0.05) is 12.1 Å². The first-order valence-corrected chi connectivity index (χ1v) is 8.09. The molecule has 23 heavy (non-hydrogen) atoms. The average Bonchev–Trinajstić information content (AvgIpc) is 2.78. The molecule has 5 heteroatoms. The molecule has 1 aromatic carbocycles. The molecule has 0 aliphatic carbocycles. The predicted octanol–water partition coefficient (Wildman–Crippen LogP) is 2.58. The largest absolute Gasteiger partial charge is 0.455 e. The van der Waals surface area contributed by atoms with Crippen molar-refractivity contribution in [2.75, 3.05) is 7.05 Å². The van der Waals surface area contributed by atoms with Crippen LogP contribution in [-0.4, -0.2) is 36.1 Å². The minimum atomic E-state index is -0.545. The molecule has 3 heterocycles. The molecule has 2 unspecified atom stereocenters. The lowest BCUT2D eigenvalue weighted by Crippen LogP contribution is -2.46. The van der Waals surface area contributed by atoms with Crippen molar-refractivity contribution in [3.8, 4) is 0 Å². The number of hydrogen-bond acceptors (Lipinski definition) is 5. The van der Waals surface area contributed by atoms with E-state index in [9.17, 15) is 9.59 Å². The van der Waals surface area contributed by atoms with E-state index < -0.39 is 5.97 Å². The lowest BCUT2D eigenvalue weighted by atomic mass is 10.0. The molecule has 2 aliphatic heterocycles. The van der Waals surface area contributed by atoms with Crippen LogP contribution in [0.4, 0.5) is 0 Å². The van der Waals surface area contributed by atoms with Crippen molar-refractivity contribution in [2.24, 2.45) is 0 Å². The lowest BCUT2D eigenvalue weighted by Gasteiger charge is -2.36. The van der Waals surface area contributed by atoms with Crippen LogP contribution in [0.25, 0.3) is 11.0 Å². The number of rotatable bonds is 2. The van der Waals surface area contributed by atoms with Gasteiger partial charge in [-0.25, -0.2) is 4.79 Å². The second-order valence-electron chi connectivity index (χ2n) is 6.46. The van der Waals surface area contributed by atoms with Crippen LogP contribution in [0.2, 0.25) is 0 Å². The fourth-order valence-electron chi connectivity index (χ4n) is 3.92. The average molecular weight is 313 g/mol. The molecule has 0 N–H and O–H groups in total. The molecule has 0 amide bonds. The topological polar surface area (TPSA) is 59.8 Å². The van der Waals surface area contributed by atoms with Gasteiger partial charge in [-0.15, -0.1) is 0 Å². The summed E-state index contributed by atoms with van der Waals surface area (Å²) < 4.78 is 11.2. The van der Waals surface area contributed by atoms with E-state index >= 15 is 0 Å². The SMILES string of the molecule is CN1C2CCC1[C@H](OC(=O)c1cc(=O)c3ccccc3o1)CC2. The van der Waals surface area contributed by atoms with Gasteiger partial charge in [-0.3, -0.25) is 9.69 Å². The Bertz CT molecular complexity index is 812. The number of esters is 1. The van der Waals surface area contributed by atoms with Crippen molar-refractivity contribution >= 4 is 16.9 Å². The molecule has 2 fully saturated rings. The summed E-state index contributed by atoms with van der Waals surface area (Å²) in [6, 6.07) is 9.04. The smallest absolute Gasteiger partial charge is 0.374 e. The number of carbonyl (C=O) groups is 1. The number of likely N-dealkylation sites (N-methyl/N-ethyl adjacent to an activating group) is 1. The zero-order chi connectivity index (χ0) is 16.0. The van der Waals surface area contributed by atoms with Gasteiger partial charge in [0.05, 0.1) is 5.39 Å². The fourth-order valence-corrected chi connectivity index (χ4v) is 3.92. The minimum absolute atomic E-state index is 0.0172. The van der Waals surface area contributed by atoms with E-state index in [0.29, 0.717) is 17.0 Å². The van der Waals surface area contributed by atoms with Crippen LogP contribution in [-0.2, 0) is 4.74 Å². The highest BCUT2D eigenvalue weighted by Gasteiger charge is 2.42. The van der Waals surface area contributed by atoms with Gasteiger partial charge in [-0.05, 0) is 44.9 Å². The number of para-hydroxylation sites is 1. The summed E-state index contributed by atoms with van der Waals surface area (Å²) in [5.74, 6) is -0.562. The molecule has 120 valence electrons. The Morgan fingerprint density at radius 1 is 1.22 bits per heavy atom. The summed E-state index contributed by atoms with van der Waals surface area (Å²) in [5.41, 5.74) is 0.189. The van der Waals surface area contributed by atoms with Crippen molar-refractivity contribution in [3.63, 3.8) is 0 Å². The number of fused-ring (bicyclic) bond motifs is 3. The van der Waals surface area contributed by atoms with Gasteiger partial charge >= 0.3 is 5.97 Å².